The Balaban J connectivity index is 2.01. The Morgan fingerprint density at radius 3 is 2.88 bits per heavy atom. The Morgan fingerprint density at radius 2 is 2.24 bits per heavy atom. The third-order valence-electron chi connectivity index (χ3n) is 2.92. The molecule has 92 valence electrons. The average molecular weight is 233 g/mol. The van der Waals surface area contributed by atoms with Crippen molar-refractivity contribution in [2.24, 2.45) is 7.05 Å². The van der Waals surface area contributed by atoms with Crippen molar-refractivity contribution in [3.05, 3.63) is 30.2 Å². The minimum absolute atomic E-state index is 0.436. The second-order valence-corrected chi connectivity index (χ2v) is 4.25. The van der Waals surface area contributed by atoms with Gasteiger partial charge in [0.05, 0.1) is 12.2 Å². The highest BCUT2D eigenvalue weighted by molar-refractivity contribution is 5.32. The molecule has 2 aromatic rings. The molecule has 1 atom stereocenters. The molecule has 0 aliphatic rings. The Bertz CT molecular complexity index is 471. The molecule has 17 heavy (non-hydrogen) atoms. The van der Waals surface area contributed by atoms with Gasteiger partial charge in [0.25, 0.3) is 0 Å². The van der Waals surface area contributed by atoms with E-state index in [1.807, 2.05) is 31.6 Å². The van der Waals surface area contributed by atoms with Gasteiger partial charge in [0.15, 0.2) is 0 Å². The summed E-state index contributed by atoms with van der Waals surface area (Å²) in [4.78, 5) is 0. The van der Waals surface area contributed by atoms with Gasteiger partial charge in [0.2, 0.25) is 0 Å². The molecule has 1 N–H and O–H groups in total. The number of hydrogen-bond donors (Lipinski definition) is 1. The van der Waals surface area contributed by atoms with Crippen LogP contribution in [-0.2, 0) is 13.6 Å². The van der Waals surface area contributed by atoms with Crippen molar-refractivity contribution in [2.75, 3.05) is 5.32 Å². The maximum Gasteiger partial charge on any atom is 0.148 e. The first-order chi connectivity index (χ1) is 8.20. The van der Waals surface area contributed by atoms with Crippen LogP contribution < -0.4 is 5.32 Å². The lowest BCUT2D eigenvalue weighted by atomic mass is 10.2. The third kappa shape index (κ3) is 2.67. The first-order valence-electron chi connectivity index (χ1n) is 5.96. The highest BCUT2D eigenvalue weighted by atomic mass is 15.3. The zero-order chi connectivity index (χ0) is 12.3. The van der Waals surface area contributed by atoms with Crippen LogP contribution in [0.25, 0.3) is 0 Å². The predicted octanol–water partition coefficient (Wildman–Crippen LogP) is 2.20. The molecule has 0 aliphatic heterocycles. The predicted molar refractivity (Wildman–Crippen MR) is 67.8 cm³/mol. The molecule has 0 spiro atoms. The van der Waals surface area contributed by atoms with Crippen LogP contribution in [-0.4, -0.2) is 19.6 Å². The molecule has 0 aliphatic carbocycles. The van der Waals surface area contributed by atoms with Crippen molar-refractivity contribution in [1.82, 2.24) is 19.6 Å². The van der Waals surface area contributed by atoms with Crippen molar-refractivity contribution in [1.29, 1.82) is 0 Å². The Labute approximate surface area is 101 Å². The highest BCUT2D eigenvalue weighted by Crippen LogP contribution is 2.13. The minimum Gasteiger partial charge on any atom is -0.363 e. The van der Waals surface area contributed by atoms with Gasteiger partial charge in [0.1, 0.15) is 5.82 Å². The number of rotatable bonds is 5. The van der Waals surface area contributed by atoms with Gasteiger partial charge in [-0.3, -0.25) is 9.36 Å². The van der Waals surface area contributed by atoms with Gasteiger partial charge < -0.3 is 5.32 Å². The summed E-state index contributed by atoms with van der Waals surface area (Å²) in [5.41, 5.74) is 1.19. The number of nitrogens with zero attached hydrogens (tertiary/aromatic N) is 4. The molecular weight excluding hydrogens is 214 g/mol. The first kappa shape index (κ1) is 11.7. The molecule has 0 bridgehead atoms. The summed E-state index contributed by atoms with van der Waals surface area (Å²) in [7, 11) is 1.91. The quantitative estimate of drug-likeness (QED) is 0.861. The average Bonchev–Trinajstić information content (AvgIpc) is 2.94. The molecule has 2 heterocycles. The van der Waals surface area contributed by atoms with Crippen LogP contribution in [0.1, 0.15) is 32.0 Å². The number of nitrogens with one attached hydrogen (secondary N) is 1. The van der Waals surface area contributed by atoms with E-state index in [0.717, 1.165) is 18.8 Å². The topological polar surface area (TPSA) is 47.7 Å². The summed E-state index contributed by atoms with van der Waals surface area (Å²) in [5, 5.41) is 11.9. The lowest BCUT2D eigenvalue weighted by Crippen LogP contribution is -2.12. The Kier molecular flexibility index (Phi) is 3.46. The van der Waals surface area contributed by atoms with E-state index in [1.54, 1.807) is 4.68 Å². The third-order valence-corrected chi connectivity index (χ3v) is 2.92. The van der Waals surface area contributed by atoms with Gasteiger partial charge in [-0.25, -0.2) is 0 Å². The molecule has 0 unspecified atom stereocenters. The fraction of sp³-hybridized carbons (Fsp3) is 0.500. The smallest absolute Gasteiger partial charge is 0.148 e. The standard InChI is InChI=1S/C12H19N5/c1-4-10(2)17-11(5-7-14-17)9-13-12-6-8-16(3)15-12/h5-8,10H,4,9H2,1-3H3,(H,13,15)/t10-/m0/s1. The molecule has 0 amide bonds. The summed E-state index contributed by atoms with van der Waals surface area (Å²) in [6, 6.07) is 4.44. The number of aromatic nitrogens is 4. The van der Waals surface area contributed by atoms with Crippen LogP contribution in [0.2, 0.25) is 0 Å². The maximum absolute atomic E-state index is 4.36. The molecule has 0 saturated heterocycles. The first-order valence-corrected chi connectivity index (χ1v) is 5.96. The van der Waals surface area contributed by atoms with Crippen molar-refractivity contribution in [2.45, 2.75) is 32.9 Å². The van der Waals surface area contributed by atoms with Crippen LogP contribution >= 0.6 is 0 Å². The van der Waals surface area contributed by atoms with E-state index in [0.29, 0.717) is 6.04 Å². The highest BCUT2D eigenvalue weighted by Gasteiger charge is 2.08. The van der Waals surface area contributed by atoms with Crippen LogP contribution in [0.5, 0.6) is 0 Å². The summed E-state index contributed by atoms with van der Waals surface area (Å²) in [6.45, 7) is 5.10. The lowest BCUT2D eigenvalue weighted by molar-refractivity contribution is 0.462. The Hall–Kier alpha value is -1.78. The number of aryl methyl sites for hydroxylation is 1. The lowest BCUT2D eigenvalue weighted by Gasteiger charge is -2.13. The van der Waals surface area contributed by atoms with E-state index in [2.05, 4.69) is 34.0 Å². The Morgan fingerprint density at radius 1 is 1.41 bits per heavy atom. The van der Waals surface area contributed by atoms with Crippen molar-refractivity contribution >= 4 is 5.82 Å². The molecule has 0 fully saturated rings. The van der Waals surface area contributed by atoms with Gasteiger partial charge in [-0.2, -0.15) is 10.2 Å². The fourth-order valence-corrected chi connectivity index (χ4v) is 1.74. The van der Waals surface area contributed by atoms with Crippen LogP contribution in [0.4, 0.5) is 5.82 Å². The van der Waals surface area contributed by atoms with Gasteiger partial charge in [-0.05, 0) is 19.4 Å². The molecule has 5 heteroatoms. The molecule has 2 aromatic heterocycles. The largest absolute Gasteiger partial charge is 0.363 e. The number of anilines is 1. The number of hydrogen-bond acceptors (Lipinski definition) is 3. The summed E-state index contributed by atoms with van der Waals surface area (Å²) in [5.74, 6) is 0.893. The van der Waals surface area contributed by atoms with E-state index < -0.39 is 0 Å². The van der Waals surface area contributed by atoms with Crippen LogP contribution in [0.3, 0.4) is 0 Å². The van der Waals surface area contributed by atoms with Crippen LogP contribution in [0.15, 0.2) is 24.5 Å². The van der Waals surface area contributed by atoms with Gasteiger partial charge in [0, 0.05) is 31.5 Å². The molecule has 0 aromatic carbocycles. The van der Waals surface area contributed by atoms with Gasteiger partial charge in [-0.15, -0.1) is 0 Å². The van der Waals surface area contributed by atoms with Gasteiger partial charge in [-0.1, -0.05) is 6.92 Å². The molecule has 2 rings (SSSR count). The summed E-state index contributed by atoms with van der Waals surface area (Å²) < 4.78 is 3.85. The minimum atomic E-state index is 0.436. The van der Waals surface area contributed by atoms with E-state index in [9.17, 15) is 0 Å². The SMILES string of the molecule is CC[C@H](C)n1nccc1CNc1ccn(C)n1. The van der Waals surface area contributed by atoms with Gasteiger partial charge >= 0.3 is 0 Å². The maximum atomic E-state index is 4.36. The van der Waals surface area contributed by atoms with Crippen LogP contribution in [0, 0.1) is 0 Å². The van der Waals surface area contributed by atoms with Crippen molar-refractivity contribution < 1.29 is 0 Å². The normalized spacial score (nSPS) is 12.6. The zero-order valence-electron chi connectivity index (χ0n) is 10.6. The van der Waals surface area contributed by atoms with E-state index in [4.69, 9.17) is 0 Å². The second-order valence-electron chi connectivity index (χ2n) is 4.25. The molecule has 5 nitrogen and oxygen atoms in total. The monoisotopic (exact) mass is 233 g/mol. The van der Waals surface area contributed by atoms with E-state index >= 15 is 0 Å². The summed E-state index contributed by atoms with van der Waals surface area (Å²) >= 11 is 0. The fourth-order valence-electron chi connectivity index (χ4n) is 1.74. The molecular formula is C12H19N5. The van der Waals surface area contributed by atoms with Crippen molar-refractivity contribution in [3.63, 3.8) is 0 Å². The molecule has 0 radical (unpaired) electrons. The van der Waals surface area contributed by atoms with E-state index in [1.165, 1.54) is 5.69 Å². The van der Waals surface area contributed by atoms with E-state index in [-0.39, 0.29) is 0 Å². The summed E-state index contributed by atoms with van der Waals surface area (Å²) in [6.07, 6.45) is 4.86. The van der Waals surface area contributed by atoms with Crippen molar-refractivity contribution in [3.8, 4) is 0 Å². The second kappa shape index (κ2) is 5.03. The zero-order valence-corrected chi connectivity index (χ0v) is 10.6. The molecule has 0 saturated carbocycles.